The maximum Gasteiger partial charge on any atom is 0.231 e. The van der Waals surface area contributed by atoms with Crippen LogP contribution in [0.4, 0.5) is 0 Å². The molecule has 16 heavy (non-hydrogen) atoms. The van der Waals surface area contributed by atoms with Gasteiger partial charge in [-0.25, -0.2) is 0 Å². The molecule has 1 aliphatic rings. The summed E-state index contributed by atoms with van der Waals surface area (Å²) in [6, 6.07) is 5.84. The molecule has 1 aromatic carbocycles. The predicted octanol–water partition coefficient (Wildman–Crippen LogP) is 2.52. The highest BCUT2D eigenvalue weighted by Crippen LogP contribution is 2.34. The average Bonchev–Trinajstić information content (AvgIpc) is 2.76. The first-order valence-corrected chi connectivity index (χ1v) is 5.22. The molecule has 0 aromatic heterocycles. The highest BCUT2D eigenvalue weighted by molar-refractivity contribution is 5.44. The number of benzene rings is 1. The van der Waals surface area contributed by atoms with Crippen LogP contribution in [0.3, 0.4) is 0 Å². The van der Waals surface area contributed by atoms with E-state index in [-0.39, 0.29) is 6.10 Å². The lowest BCUT2D eigenvalue weighted by Gasteiger charge is -2.11. The van der Waals surface area contributed by atoms with Crippen molar-refractivity contribution >= 4 is 0 Å². The van der Waals surface area contributed by atoms with E-state index in [2.05, 4.69) is 11.8 Å². The van der Waals surface area contributed by atoms with Crippen LogP contribution in [0.1, 0.15) is 25.5 Å². The molecule has 1 atom stereocenters. The van der Waals surface area contributed by atoms with Crippen molar-refractivity contribution in [3.63, 3.8) is 0 Å². The molecular weight excluding hydrogens is 204 g/mol. The van der Waals surface area contributed by atoms with E-state index >= 15 is 0 Å². The first-order valence-electron chi connectivity index (χ1n) is 5.22. The van der Waals surface area contributed by atoms with Crippen LogP contribution in [0.15, 0.2) is 18.2 Å². The van der Waals surface area contributed by atoms with Gasteiger partial charge in [0.15, 0.2) is 11.5 Å². The lowest BCUT2D eigenvalue weighted by atomic mass is 10.1. The van der Waals surface area contributed by atoms with Crippen molar-refractivity contribution in [1.29, 1.82) is 0 Å². The van der Waals surface area contributed by atoms with Crippen LogP contribution in [0.25, 0.3) is 0 Å². The SMILES string of the molecule is CC#CCOC(C)c1ccc2c(c1)OCO2. The summed E-state index contributed by atoms with van der Waals surface area (Å²) < 4.78 is 16.1. The summed E-state index contributed by atoms with van der Waals surface area (Å²) in [6.07, 6.45) is 0.00958. The minimum absolute atomic E-state index is 0.00958. The van der Waals surface area contributed by atoms with E-state index in [0.717, 1.165) is 17.1 Å². The molecule has 0 fully saturated rings. The predicted molar refractivity (Wildman–Crippen MR) is 60.4 cm³/mol. The molecule has 3 nitrogen and oxygen atoms in total. The number of fused-ring (bicyclic) bond motifs is 1. The van der Waals surface area contributed by atoms with E-state index in [0.29, 0.717) is 13.4 Å². The van der Waals surface area contributed by atoms with Crippen molar-refractivity contribution in [3.05, 3.63) is 23.8 Å². The summed E-state index contributed by atoms with van der Waals surface area (Å²) >= 11 is 0. The van der Waals surface area contributed by atoms with Crippen LogP contribution < -0.4 is 9.47 Å². The van der Waals surface area contributed by atoms with E-state index in [4.69, 9.17) is 14.2 Å². The van der Waals surface area contributed by atoms with Crippen molar-refractivity contribution in [2.45, 2.75) is 20.0 Å². The second kappa shape index (κ2) is 4.91. The fraction of sp³-hybridized carbons (Fsp3) is 0.385. The zero-order chi connectivity index (χ0) is 11.4. The molecule has 0 spiro atoms. The molecule has 1 aliphatic heterocycles. The van der Waals surface area contributed by atoms with Gasteiger partial charge in [0.05, 0.1) is 6.10 Å². The Morgan fingerprint density at radius 2 is 2.19 bits per heavy atom. The highest BCUT2D eigenvalue weighted by atomic mass is 16.7. The highest BCUT2D eigenvalue weighted by Gasteiger charge is 2.15. The van der Waals surface area contributed by atoms with Gasteiger partial charge < -0.3 is 14.2 Å². The first kappa shape index (κ1) is 10.8. The van der Waals surface area contributed by atoms with Gasteiger partial charge in [0.1, 0.15) is 6.61 Å². The van der Waals surface area contributed by atoms with Gasteiger partial charge in [-0.1, -0.05) is 12.0 Å². The van der Waals surface area contributed by atoms with Gasteiger partial charge in [0.25, 0.3) is 0 Å². The van der Waals surface area contributed by atoms with Gasteiger partial charge in [0, 0.05) is 0 Å². The molecule has 2 rings (SSSR count). The van der Waals surface area contributed by atoms with Crippen molar-refractivity contribution in [2.75, 3.05) is 13.4 Å². The summed E-state index contributed by atoms with van der Waals surface area (Å²) in [4.78, 5) is 0. The Kier molecular flexibility index (Phi) is 3.33. The summed E-state index contributed by atoms with van der Waals surface area (Å²) in [6.45, 7) is 4.55. The molecular formula is C13H14O3. The standard InChI is InChI=1S/C13H14O3/c1-3-4-7-14-10(2)11-5-6-12-13(8-11)16-9-15-12/h5-6,8,10H,7,9H2,1-2H3. The van der Waals surface area contributed by atoms with Gasteiger partial charge in [-0.3, -0.25) is 0 Å². The van der Waals surface area contributed by atoms with Crippen LogP contribution in [-0.2, 0) is 4.74 Å². The Morgan fingerprint density at radius 1 is 1.38 bits per heavy atom. The normalized spacial score (nSPS) is 14.1. The van der Waals surface area contributed by atoms with E-state index in [1.165, 1.54) is 0 Å². The minimum atomic E-state index is 0.00958. The zero-order valence-corrected chi connectivity index (χ0v) is 9.45. The van der Waals surface area contributed by atoms with Gasteiger partial charge in [0.2, 0.25) is 6.79 Å². The van der Waals surface area contributed by atoms with E-state index < -0.39 is 0 Å². The minimum Gasteiger partial charge on any atom is -0.454 e. The molecule has 0 radical (unpaired) electrons. The topological polar surface area (TPSA) is 27.7 Å². The van der Waals surface area contributed by atoms with Crippen molar-refractivity contribution in [1.82, 2.24) is 0 Å². The van der Waals surface area contributed by atoms with Gasteiger partial charge in [-0.15, -0.1) is 5.92 Å². The maximum atomic E-state index is 5.56. The maximum absolute atomic E-state index is 5.56. The van der Waals surface area contributed by atoms with E-state index in [1.807, 2.05) is 25.1 Å². The third-order valence-corrected chi connectivity index (χ3v) is 2.45. The van der Waals surface area contributed by atoms with Crippen LogP contribution in [0.2, 0.25) is 0 Å². The smallest absolute Gasteiger partial charge is 0.231 e. The zero-order valence-electron chi connectivity index (χ0n) is 9.45. The molecule has 3 heteroatoms. The fourth-order valence-corrected chi connectivity index (χ4v) is 1.50. The second-order valence-electron chi connectivity index (χ2n) is 3.49. The van der Waals surface area contributed by atoms with Crippen LogP contribution in [0.5, 0.6) is 11.5 Å². The number of ether oxygens (including phenoxy) is 3. The van der Waals surface area contributed by atoms with Gasteiger partial charge in [-0.05, 0) is 31.5 Å². The Hall–Kier alpha value is -1.66. The van der Waals surface area contributed by atoms with Crippen LogP contribution in [0, 0.1) is 11.8 Å². The van der Waals surface area contributed by atoms with Gasteiger partial charge in [-0.2, -0.15) is 0 Å². The van der Waals surface area contributed by atoms with Gasteiger partial charge >= 0.3 is 0 Å². The summed E-state index contributed by atoms with van der Waals surface area (Å²) in [5.74, 6) is 7.25. The Morgan fingerprint density at radius 3 is 3.00 bits per heavy atom. The molecule has 0 N–H and O–H groups in total. The third kappa shape index (κ3) is 2.29. The Balaban J connectivity index is 2.05. The molecule has 0 bridgehead atoms. The van der Waals surface area contributed by atoms with Crippen molar-refractivity contribution in [2.24, 2.45) is 0 Å². The third-order valence-electron chi connectivity index (χ3n) is 2.45. The molecule has 0 amide bonds. The second-order valence-corrected chi connectivity index (χ2v) is 3.49. The van der Waals surface area contributed by atoms with E-state index in [1.54, 1.807) is 6.92 Å². The van der Waals surface area contributed by atoms with E-state index in [9.17, 15) is 0 Å². The van der Waals surface area contributed by atoms with Crippen LogP contribution >= 0.6 is 0 Å². The summed E-state index contributed by atoms with van der Waals surface area (Å²) in [5.41, 5.74) is 1.07. The Labute approximate surface area is 95.3 Å². The molecule has 1 unspecified atom stereocenters. The lowest BCUT2D eigenvalue weighted by molar-refractivity contribution is 0.0924. The summed E-state index contributed by atoms with van der Waals surface area (Å²) in [7, 11) is 0. The number of rotatable bonds is 3. The monoisotopic (exact) mass is 218 g/mol. The molecule has 84 valence electrons. The van der Waals surface area contributed by atoms with Crippen molar-refractivity contribution < 1.29 is 14.2 Å². The van der Waals surface area contributed by atoms with Crippen molar-refractivity contribution in [3.8, 4) is 23.3 Å². The fourth-order valence-electron chi connectivity index (χ4n) is 1.50. The molecule has 1 heterocycles. The molecule has 0 aliphatic carbocycles. The van der Waals surface area contributed by atoms with Crippen LogP contribution in [-0.4, -0.2) is 13.4 Å². The lowest BCUT2D eigenvalue weighted by Crippen LogP contribution is -2.00. The molecule has 0 saturated carbocycles. The number of hydrogen-bond acceptors (Lipinski definition) is 3. The quantitative estimate of drug-likeness (QED) is 0.729. The molecule has 1 aromatic rings. The summed E-state index contributed by atoms with van der Waals surface area (Å²) in [5, 5.41) is 0. The Bertz CT molecular complexity index is 429. The largest absolute Gasteiger partial charge is 0.454 e. The first-order chi connectivity index (χ1) is 7.81. The number of hydrogen-bond donors (Lipinski definition) is 0. The average molecular weight is 218 g/mol. The molecule has 0 saturated heterocycles.